The predicted molar refractivity (Wildman–Crippen MR) is 80.4 cm³/mol. The summed E-state index contributed by atoms with van der Waals surface area (Å²) < 4.78 is 23.0. The largest absolute Gasteiger partial charge is 0.377 e. The Labute approximate surface area is 117 Å². The summed E-state index contributed by atoms with van der Waals surface area (Å²) in [4.78, 5) is 4.42. The fourth-order valence-electron chi connectivity index (χ4n) is 1.76. The Bertz CT molecular complexity index is 375. The third-order valence-electron chi connectivity index (χ3n) is 2.69. The Balaban J connectivity index is 3.96. The van der Waals surface area contributed by atoms with Crippen molar-refractivity contribution in [3.63, 3.8) is 0 Å². The third-order valence-corrected chi connectivity index (χ3v) is 4.70. The fourth-order valence-corrected chi connectivity index (χ4v) is 2.85. The number of rotatable bonds is 9. The Morgan fingerprint density at radius 2 is 1.84 bits per heavy atom. The highest BCUT2D eigenvalue weighted by Crippen LogP contribution is 2.02. The van der Waals surface area contributed by atoms with Crippen LogP contribution in [0.1, 0.15) is 41.0 Å². The summed E-state index contributed by atoms with van der Waals surface area (Å²) in [6.45, 7) is 10.7. The highest BCUT2D eigenvalue weighted by molar-refractivity contribution is 7.91. The van der Waals surface area contributed by atoms with Crippen LogP contribution in [0.5, 0.6) is 0 Å². The molecule has 19 heavy (non-hydrogen) atoms. The van der Waals surface area contributed by atoms with Gasteiger partial charge in [-0.05, 0) is 33.1 Å². The van der Waals surface area contributed by atoms with E-state index in [-0.39, 0.29) is 11.8 Å². The average molecular weight is 292 g/mol. The van der Waals surface area contributed by atoms with Gasteiger partial charge in [0.1, 0.15) is 0 Å². The van der Waals surface area contributed by atoms with Crippen LogP contribution in [-0.2, 0) is 9.84 Å². The summed E-state index contributed by atoms with van der Waals surface area (Å²) in [5.41, 5.74) is -0.177. The van der Waals surface area contributed by atoms with Crippen LogP contribution in [0, 0.1) is 5.92 Å². The number of aliphatic hydroxyl groups is 1. The molecule has 0 rings (SSSR count). The second-order valence-corrected chi connectivity index (χ2v) is 7.84. The Morgan fingerprint density at radius 1 is 1.26 bits per heavy atom. The lowest BCUT2D eigenvalue weighted by atomic mass is 10.1. The van der Waals surface area contributed by atoms with Crippen molar-refractivity contribution >= 4 is 15.5 Å². The molecule has 0 aromatic rings. The number of aliphatic imine (C=N–C) groups is 1. The summed E-state index contributed by atoms with van der Waals surface area (Å²) in [5, 5.41) is 12.2. The van der Waals surface area contributed by atoms with Crippen LogP contribution in [0.3, 0.4) is 0 Å². The second kappa shape index (κ2) is 8.66. The van der Waals surface area contributed by atoms with Crippen molar-refractivity contribution < 1.29 is 13.5 Å². The summed E-state index contributed by atoms with van der Waals surface area (Å²) in [6, 6.07) is -0.180. The van der Waals surface area contributed by atoms with E-state index in [9.17, 15) is 8.42 Å². The number of nitrogens with one attached hydrogen (secondary N) is 1. The van der Waals surface area contributed by atoms with Gasteiger partial charge in [0, 0.05) is 18.3 Å². The normalized spacial score (nSPS) is 16.7. The van der Waals surface area contributed by atoms with Crippen LogP contribution in [0.15, 0.2) is 4.99 Å². The van der Waals surface area contributed by atoms with E-state index in [2.05, 4.69) is 24.2 Å². The maximum absolute atomic E-state index is 11.5. The van der Waals surface area contributed by atoms with Gasteiger partial charge in [-0.3, -0.25) is 4.99 Å². The Kier molecular flexibility index (Phi) is 8.45. The van der Waals surface area contributed by atoms with Gasteiger partial charge in [-0.15, -0.1) is 0 Å². The molecule has 0 amide bonds. The average Bonchev–Trinajstić information content (AvgIpc) is 2.22. The van der Waals surface area contributed by atoms with Crippen LogP contribution >= 0.6 is 0 Å². The first-order valence-corrected chi connectivity index (χ1v) is 8.49. The zero-order chi connectivity index (χ0) is 15.1. The van der Waals surface area contributed by atoms with Crippen LogP contribution < -0.4 is 5.32 Å². The topological polar surface area (TPSA) is 78.8 Å². The van der Waals surface area contributed by atoms with Crippen molar-refractivity contribution in [1.29, 1.82) is 0 Å². The zero-order valence-electron chi connectivity index (χ0n) is 12.7. The van der Waals surface area contributed by atoms with E-state index in [0.29, 0.717) is 19.0 Å². The van der Waals surface area contributed by atoms with Crippen LogP contribution in [-0.4, -0.2) is 49.6 Å². The molecule has 0 saturated heterocycles. The van der Waals surface area contributed by atoms with E-state index >= 15 is 0 Å². The van der Waals surface area contributed by atoms with E-state index in [4.69, 9.17) is 5.11 Å². The quantitative estimate of drug-likeness (QED) is 0.495. The molecule has 114 valence electrons. The SMILES string of the molecule is CC(CC(C)C)=NCCNC(C)CS(=O)(=O)C(C)O. The van der Waals surface area contributed by atoms with Gasteiger partial charge in [0.2, 0.25) is 0 Å². The molecule has 6 heteroatoms. The summed E-state index contributed by atoms with van der Waals surface area (Å²) in [5.74, 6) is 0.547. The van der Waals surface area contributed by atoms with Crippen LogP contribution in [0.2, 0.25) is 0 Å². The van der Waals surface area contributed by atoms with E-state index < -0.39 is 15.3 Å². The first-order chi connectivity index (χ1) is 8.65. The van der Waals surface area contributed by atoms with Gasteiger partial charge in [-0.25, -0.2) is 8.42 Å². The summed E-state index contributed by atoms with van der Waals surface area (Å²) in [7, 11) is -3.41. The van der Waals surface area contributed by atoms with E-state index in [0.717, 1.165) is 12.1 Å². The molecular weight excluding hydrogens is 264 g/mol. The minimum Gasteiger partial charge on any atom is -0.377 e. The molecule has 2 N–H and O–H groups in total. The molecule has 0 fully saturated rings. The zero-order valence-corrected chi connectivity index (χ0v) is 13.5. The molecule has 0 saturated carbocycles. The maximum atomic E-state index is 11.5. The van der Waals surface area contributed by atoms with Gasteiger partial charge in [0.05, 0.1) is 12.3 Å². The first kappa shape index (κ1) is 18.5. The maximum Gasteiger partial charge on any atom is 0.178 e. The van der Waals surface area contributed by atoms with Crippen molar-refractivity contribution in [2.45, 2.75) is 52.5 Å². The molecule has 0 radical (unpaired) electrons. The Morgan fingerprint density at radius 3 is 2.32 bits per heavy atom. The van der Waals surface area contributed by atoms with Gasteiger partial charge in [0.15, 0.2) is 15.3 Å². The summed E-state index contributed by atoms with van der Waals surface area (Å²) >= 11 is 0. The van der Waals surface area contributed by atoms with Gasteiger partial charge in [-0.2, -0.15) is 0 Å². The predicted octanol–water partition coefficient (Wildman–Crippen LogP) is 1.22. The number of sulfone groups is 1. The van der Waals surface area contributed by atoms with Crippen molar-refractivity contribution in [3.05, 3.63) is 0 Å². The van der Waals surface area contributed by atoms with E-state index in [1.54, 1.807) is 6.92 Å². The number of aliphatic hydroxyl groups excluding tert-OH is 1. The molecule has 5 nitrogen and oxygen atoms in total. The molecular formula is C13H28N2O3S. The number of hydrogen-bond donors (Lipinski definition) is 2. The fraction of sp³-hybridized carbons (Fsp3) is 0.923. The highest BCUT2D eigenvalue weighted by atomic mass is 32.2. The minimum absolute atomic E-state index is 0.0562. The molecule has 0 aliphatic rings. The lowest BCUT2D eigenvalue weighted by Gasteiger charge is -2.14. The Hall–Kier alpha value is -0.460. The standard InChI is InChI=1S/C13H28N2O3S/c1-10(2)8-11(3)14-6-7-15-12(4)9-19(17,18)13(5)16/h10,12-13,15-16H,6-9H2,1-5H3. The molecule has 0 aliphatic carbocycles. The van der Waals surface area contributed by atoms with Crippen molar-refractivity contribution in [2.24, 2.45) is 10.9 Å². The lowest BCUT2D eigenvalue weighted by Crippen LogP contribution is -2.37. The third kappa shape index (κ3) is 9.13. The van der Waals surface area contributed by atoms with Gasteiger partial charge in [-0.1, -0.05) is 13.8 Å². The minimum atomic E-state index is -3.41. The van der Waals surface area contributed by atoms with Gasteiger partial charge >= 0.3 is 0 Å². The molecule has 2 atom stereocenters. The molecule has 0 aliphatic heterocycles. The van der Waals surface area contributed by atoms with E-state index in [1.165, 1.54) is 6.92 Å². The number of hydrogen-bond acceptors (Lipinski definition) is 5. The summed E-state index contributed by atoms with van der Waals surface area (Å²) in [6.07, 6.45) is 0.992. The highest BCUT2D eigenvalue weighted by Gasteiger charge is 2.20. The molecule has 0 heterocycles. The van der Waals surface area contributed by atoms with Crippen LogP contribution in [0.25, 0.3) is 0 Å². The molecule has 2 unspecified atom stereocenters. The van der Waals surface area contributed by atoms with Crippen LogP contribution in [0.4, 0.5) is 0 Å². The van der Waals surface area contributed by atoms with Gasteiger partial charge < -0.3 is 10.4 Å². The molecule has 0 bridgehead atoms. The van der Waals surface area contributed by atoms with Crippen molar-refractivity contribution in [1.82, 2.24) is 5.32 Å². The van der Waals surface area contributed by atoms with E-state index in [1.807, 2.05) is 6.92 Å². The number of nitrogens with zero attached hydrogens (tertiary/aromatic N) is 1. The smallest absolute Gasteiger partial charge is 0.178 e. The van der Waals surface area contributed by atoms with Crippen molar-refractivity contribution in [3.8, 4) is 0 Å². The monoisotopic (exact) mass is 292 g/mol. The van der Waals surface area contributed by atoms with Gasteiger partial charge in [0.25, 0.3) is 0 Å². The first-order valence-electron chi connectivity index (χ1n) is 6.78. The lowest BCUT2D eigenvalue weighted by molar-refractivity contribution is 0.268. The molecule has 0 aromatic heterocycles. The molecule has 0 spiro atoms. The molecule has 0 aromatic carbocycles. The second-order valence-electron chi connectivity index (χ2n) is 5.50. The van der Waals surface area contributed by atoms with Crippen molar-refractivity contribution in [2.75, 3.05) is 18.8 Å².